The van der Waals surface area contributed by atoms with Gasteiger partial charge in [0.25, 0.3) is 0 Å². The highest BCUT2D eigenvalue weighted by Crippen LogP contribution is 2.40. The number of aryl methyl sites for hydroxylation is 2. The van der Waals surface area contributed by atoms with E-state index >= 15 is 0 Å². The zero-order valence-corrected chi connectivity index (χ0v) is 15.9. The van der Waals surface area contributed by atoms with Gasteiger partial charge in [0.1, 0.15) is 24.3 Å². The van der Waals surface area contributed by atoms with E-state index in [-0.39, 0.29) is 28.8 Å². The first-order valence-electron chi connectivity index (χ1n) is 11.7. The first-order valence-corrected chi connectivity index (χ1v) is 9.17. The van der Waals surface area contributed by atoms with E-state index in [1.807, 2.05) is 55.1 Å². The Morgan fingerprint density at radius 3 is 2.48 bits per heavy atom. The summed E-state index contributed by atoms with van der Waals surface area (Å²) < 4.78 is 48.9. The second-order valence-electron chi connectivity index (χ2n) is 6.91. The summed E-state index contributed by atoms with van der Waals surface area (Å²) in [5.74, 6) is 0. The van der Waals surface area contributed by atoms with Gasteiger partial charge in [-0.3, -0.25) is 0 Å². The maximum absolute atomic E-state index is 10.1. The summed E-state index contributed by atoms with van der Waals surface area (Å²) in [6.45, 7) is 2.00. The zero-order chi connectivity index (χ0) is 24.3. The molecule has 2 heterocycles. The Kier molecular flexibility index (Phi) is 2.86. The van der Waals surface area contributed by atoms with Gasteiger partial charge in [-0.15, -0.1) is 0 Å². The molecule has 0 saturated carbocycles. The molecule has 0 N–H and O–H groups in total. The maximum Gasteiger partial charge on any atom is 0.216 e. The summed E-state index contributed by atoms with van der Waals surface area (Å²) in [6.07, 6.45) is 1.95. The maximum atomic E-state index is 10.1. The lowest BCUT2D eigenvalue weighted by atomic mass is 9.96. The summed E-state index contributed by atoms with van der Waals surface area (Å²) in [6, 6.07) is 13.3. The number of nitriles is 1. The van der Waals surface area contributed by atoms with E-state index in [9.17, 15) is 5.26 Å². The number of hydrogen-bond acceptors (Lipinski definition) is 2. The fourth-order valence-electron chi connectivity index (χ4n) is 3.81. The number of nitrogens with zero attached hydrogens (tertiary/aromatic N) is 2. The lowest BCUT2D eigenvalue weighted by Crippen LogP contribution is -2.30. The van der Waals surface area contributed by atoms with Gasteiger partial charge in [0.05, 0.1) is 12.4 Å². The fourth-order valence-corrected chi connectivity index (χ4v) is 3.81. The van der Waals surface area contributed by atoms with Crippen molar-refractivity contribution < 1.29 is 15.8 Å². The van der Waals surface area contributed by atoms with Crippen molar-refractivity contribution in [3.63, 3.8) is 0 Å². The molecule has 0 bridgehead atoms. The average molecular weight is 380 g/mol. The predicted octanol–water partition coefficient (Wildman–Crippen LogP) is 5.92. The van der Waals surface area contributed by atoms with Crippen molar-refractivity contribution in [3.05, 3.63) is 90.0 Å². The van der Waals surface area contributed by atoms with Crippen LogP contribution in [0.4, 0.5) is 0 Å². The summed E-state index contributed by atoms with van der Waals surface area (Å²) in [4.78, 5) is 0. The number of hydrogen-bond donors (Lipinski definition) is 0. The second-order valence-corrected chi connectivity index (χ2v) is 6.91. The topological polar surface area (TPSA) is 40.8 Å². The Balaban J connectivity index is 1.90. The van der Waals surface area contributed by atoms with Gasteiger partial charge < -0.3 is 4.42 Å². The normalized spacial score (nSPS) is 13.5. The number of pyridine rings is 1. The molecule has 0 fully saturated rings. The summed E-state index contributed by atoms with van der Waals surface area (Å²) >= 11 is 0. The molecule has 5 aromatic rings. The molecule has 0 atom stereocenters. The first-order chi connectivity index (χ1) is 16.3. The van der Waals surface area contributed by atoms with Crippen LogP contribution >= 0.6 is 0 Å². The van der Waals surface area contributed by atoms with Crippen molar-refractivity contribution in [2.24, 2.45) is 7.05 Å². The van der Waals surface area contributed by atoms with Crippen LogP contribution in [0.2, 0.25) is 0 Å². The second kappa shape index (κ2) is 6.61. The minimum absolute atomic E-state index is 0.0178. The summed E-state index contributed by atoms with van der Waals surface area (Å²) in [5.41, 5.74) is 4.19. The van der Waals surface area contributed by atoms with Crippen LogP contribution in [0, 0.1) is 18.3 Å². The molecule has 138 valence electrons. The Hall–Kier alpha value is -3.90. The van der Waals surface area contributed by atoms with Crippen LogP contribution in [-0.4, -0.2) is 0 Å². The van der Waals surface area contributed by atoms with Crippen LogP contribution in [0.5, 0.6) is 0 Å². The van der Waals surface area contributed by atoms with E-state index < -0.39 is 18.1 Å². The molecule has 0 aliphatic carbocycles. The van der Waals surface area contributed by atoms with E-state index in [1.165, 1.54) is 0 Å². The van der Waals surface area contributed by atoms with Crippen LogP contribution in [0.1, 0.15) is 18.0 Å². The van der Waals surface area contributed by atoms with Crippen LogP contribution in [0.25, 0.3) is 44.3 Å². The van der Waals surface area contributed by atoms with Crippen LogP contribution in [0.3, 0.4) is 0 Å². The molecule has 5 rings (SSSR count). The molecule has 0 saturated heterocycles. The van der Waals surface area contributed by atoms with E-state index in [0.717, 1.165) is 27.6 Å². The third-order valence-corrected chi connectivity index (χ3v) is 5.21. The number of fused-ring (bicyclic) bond motifs is 3. The molecule has 0 unspecified atom stereocenters. The zero-order valence-electron chi connectivity index (χ0n) is 20.9. The quantitative estimate of drug-likeness (QED) is 0.356. The SMILES string of the molecule is [2H]c1c([2H])c([2H])c(-c2ccc3c(oc4c(-c5cccc[n+]5C)c(C)ccc43)c2C#N)c([2H])c1[2H]. The highest BCUT2D eigenvalue weighted by molar-refractivity contribution is 6.12. The van der Waals surface area contributed by atoms with Gasteiger partial charge in [0.15, 0.2) is 11.8 Å². The molecular weight excluding hydrogens is 356 g/mol. The molecular formula is C26H19N2O+. The van der Waals surface area contributed by atoms with E-state index in [1.54, 1.807) is 12.1 Å². The van der Waals surface area contributed by atoms with Gasteiger partial charge >= 0.3 is 0 Å². The number of furan rings is 1. The number of aromatic nitrogens is 1. The molecule has 0 aliphatic rings. The van der Waals surface area contributed by atoms with Crippen LogP contribution in [0.15, 0.2) is 83.3 Å². The molecule has 2 aromatic heterocycles. The Morgan fingerprint density at radius 2 is 1.72 bits per heavy atom. The Morgan fingerprint density at radius 1 is 0.966 bits per heavy atom. The molecule has 29 heavy (non-hydrogen) atoms. The van der Waals surface area contributed by atoms with Crippen LogP contribution < -0.4 is 4.57 Å². The fraction of sp³-hybridized carbons (Fsp3) is 0.0769. The standard InChI is InChI=1S/C26H19N2O/c1-17-11-12-21-20-14-13-19(18-8-4-3-5-9-18)22(16-27)25(20)29-26(21)24(17)23-10-6-7-15-28(23)2/h3-15H,1-2H3/q+1/i3D,4D,5D,8D,9D. The Bertz CT molecular complexity index is 1670. The van der Waals surface area contributed by atoms with Gasteiger partial charge in [0.2, 0.25) is 5.69 Å². The average Bonchev–Trinajstić information content (AvgIpc) is 3.20. The van der Waals surface area contributed by atoms with E-state index in [4.69, 9.17) is 11.3 Å². The third kappa shape index (κ3) is 2.61. The number of benzene rings is 3. The van der Waals surface area contributed by atoms with Crippen molar-refractivity contribution in [1.29, 1.82) is 5.26 Å². The van der Waals surface area contributed by atoms with E-state index in [0.29, 0.717) is 11.2 Å². The molecule has 0 amide bonds. The predicted molar refractivity (Wildman–Crippen MR) is 115 cm³/mol. The molecule has 0 spiro atoms. The minimum Gasteiger partial charge on any atom is -0.454 e. The van der Waals surface area contributed by atoms with Gasteiger partial charge in [-0.05, 0) is 30.2 Å². The largest absolute Gasteiger partial charge is 0.454 e. The molecule has 0 radical (unpaired) electrons. The minimum atomic E-state index is -0.474. The molecule has 3 aromatic carbocycles. The van der Waals surface area contributed by atoms with Crippen LogP contribution in [-0.2, 0) is 7.05 Å². The van der Waals surface area contributed by atoms with Crippen molar-refractivity contribution >= 4 is 21.9 Å². The first kappa shape index (κ1) is 12.5. The highest BCUT2D eigenvalue weighted by atomic mass is 16.3. The smallest absolute Gasteiger partial charge is 0.216 e. The van der Waals surface area contributed by atoms with Gasteiger partial charge in [-0.1, -0.05) is 48.4 Å². The van der Waals surface area contributed by atoms with Crippen molar-refractivity contribution in [2.75, 3.05) is 0 Å². The molecule has 3 heteroatoms. The summed E-state index contributed by atoms with van der Waals surface area (Å²) in [5, 5.41) is 11.7. The van der Waals surface area contributed by atoms with Gasteiger partial charge in [0, 0.05) is 28.5 Å². The van der Waals surface area contributed by atoms with Crippen molar-refractivity contribution in [3.8, 4) is 28.5 Å². The van der Waals surface area contributed by atoms with Crippen molar-refractivity contribution in [2.45, 2.75) is 6.92 Å². The number of rotatable bonds is 2. The van der Waals surface area contributed by atoms with Crippen molar-refractivity contribution in [1.82, 2.24) is 0 Å². The summed E-state index contributed by atoms with van der Waals surface area (Å²) in [7, 11) is 1.95. The Labute approximate surface area is 176 Å². The lowest BCUT2D eigenvalue weighted by molar-refractivity contribution is -0.660. The highest BCUT2D eigenvalue weighted by Gasteiger charge is 2.22. The van der Waals surface area contributed by atoms with E-state index in [2.05, 4.69) is 6.07 Å². The lowest BCUT2D eigenvalue weighted by Gasteiger charge is -2.04. The monoisotopic (exact) mass is 380 g/mol. The third-order valence-electron chi connectivity index (χ3n) is 5.21. The molecule has 0 aliphatic heterocycles. The molecule has 3 nitrogen and oxygen atoms in total. The van der Waals surface area contributed by atoms with Gasteiger partial charge in [-0.25, -0.2) is 4.57 Å². The van der Waals surface area contributed by atoms with Gasteiger partial charge in [-0.2, -0.15) is 5.26 Å².